The van der Waals surface area contributed by atoms with E-state index in [-0.39, 0.29) is 22.7 Å². The molecule has 3 saturated carbocycles. The highest BCUT2D eigenvalue weighted by Crippen LogP contribution is 2.66. The number of carbonyl (C=O) groups is 1. The van der Waals surface area contributed by atoms with Crippen molar-refractivity contribution in [3.63, 3.8) is 0 Å². The van der Waals surface area contributed by atoms with Crippen molar-refractivity contribution in [3.8, 4) is 0 Å². The first kappa shape index (κ1) is 20.8. The summed E-state index contributed by atoms with van der Waals surface area (Å²) in [5.41, 5.74) is 5.27. The fourth-order valence-corrected chi connectivity index (χ4v) is 6.86. The van der Waals surface area contributed by atoms with E-state index in [0.717, 1.165) is 56.1 Å². The van der Waals surface area contributed by atoms with Gasteiger partial charge in [-0.2, -0.15) is 0 Å². The molecule has 5 aliphatic rings. The molecule has 0 saturated heterocycles. The average molecular weight is 448 g/mol. The summed E-state index contributed by atoms with van der Waals surface area (Å²) in [4.78, 5) is 13.3. The molecule has 2 atom stereocenters. The second-order valence-corrected chi connectivity index (χ2v) is 10.2. The minimum atomic E-state index is -1.15. The molecule has 0 aromatic heterocycles. The molecule has 5 heteroatoms. The van der Waals surface area contributed by atoms with Crippen LogP contribution in [0.25, 0.3) is 11.6 Å². The largest absolute Gasteiger partial charge is 0.478 e. The van der Waals surface area contributed by atoms with Crippen molar-refractivity contribution >= 4 is 17.6 Å². The van der Waals surface area contributed by atoms with Gasteiger partial charge in [-0.05, 0) is 90.5 Å². The summed E-state index contributed by atoms with van der Waals surface area (Å²) in [7, 11) is 0. The third-order valence-corrected chi connectivity index (χ3v) is 8.37. The smallest absolute Gasteiger partial charge is 0.328 e. The van der Waals surface area contributed by atoms with E-state index >= 15 is 8.78 Å². The van der Waals surface area contributed by atoms with Crippen LogP contribution in [0.15, 0.2) is 48.0 Å². The Labute approximate surface area is 192 Å². The van der Waals surface area contributed by atoms with Crippen LogP contribution < -0.4 is 0 Å². The van der Waals surface area contributed by atoms with Crippen LogP contribution in [0.1, 0.15) is 67.3 Å². The van der Waals surface area contributed by atoms with Gasteiger partial charge in [0.05, 0.1) is 6.04 Å². The van der Waals surface area contributed by atoms with Crippen molar-refractivity contribution in [2.45, 2.75) is 63.1 Å². The highest BCUT2D eigenvalue weighted by Gasteiger charge is 2.63. The van der Waals surface area contributed by atoms with Gasteiger partial charge in [0.15, 0.2) is 0 Å². The standard InChI is InChI=1S/C28H27F2NO2/c1-2-19-12-21-20-6-4-3-5-18(20)11-22(21)27(31(19)28-13-17(14-28)15-28)26-23(29)9-16(10-24(26)30)7-8-25(32)33/h3-10,17,19,27H,2,11-15H2,1H3,(H,32,33)/b8-7+/t17?,19-,27+,28?/m0/s1. The fourth-order valence-electron chi connectivity index (χ4n) is 6.86. The first-order chi connectivity index (χ1) is 15.9. The Morgan fingerprint density at radius 3 is 2.48 bits per heavy atom. The molecule has 0 spiro atoms. The van der Waals surface area contributed by atoms with Gasteiger partial charge in [-0.25, -0.2) is 13.6 Å². The molecule has 2 bridgehead atoms. The second-order valence-electron chi connectivity index (χ2n) is 10.2. The molecule has 0 radical (unpaired) electrons. The first-order valence-corrected chi connectivity index (χ1v) is 11.9. The van der Waals surface area contributed by atoms with Gasteiger partial charge >= 0.3 is 5.97 Å². The van der Waals surface area contributed by atoms with Crippen molar-refractivity contribution in [2.75, 3.05) is 0 Å². The van der Waals surface area contributed by atoms with E-state index in [4.69, 9.17) is 5.11 Å². The molecule has 1 N–H and O–H groups in total. The van der Waals surface area contributed by atoms with Gasteiger partial charge in [0.25, 0.3) is 0 Å². The first-order valence-electron chi connectivity index (χ1n) is 11.9. The molecule has 1 heterocycles. The summed E-state index contributed by atoms with van der Waals surface area (Å²) < 4.78 is 31.3. The highest BCUT2D eigenvalue weighted by molar-refractivity contribution is 5.85. The van der Waals surface area contributed by atoms with Gasteiger partial charge in [0.1, 0.15) is 11.6 Å². The van der Waals surface area contributed by atoms with Crippen molar-refractivity contribution in [1.29, 1.82) is 0 Å². The molecule has 3 fully saturated rings. The van der Waals surface area contributed by atoms with E-state index in [9.17, 15) is 4.79 Å². The molecule has 0 amide bonds. The Morgan fingerprint density at radius 2 is 1.88 bits per heavy atom. The van der Waals surface area contributed by atoms with Crippen LogP contribution in [0.4, 0.5) is 8.78 Å². The third kappa shape index (κ3) is 3.05. The van der Waals surface area contributed by atoms with E-state index in [1.54, 1.807) is 0 Å². The minimum absolute atomic E-state index is 0.0596. The van der Waals surface area contributed by atoms with Gasteiger partial charge < -0.3 is 5.11 Å². The number of halogens is 2. The van der Waals surface area contributed by atoms with Gasteiger partial charge in [-0.1, -0.05) is 31.2 Å². The summed E-state index contributed by atoms with van der Waals surface area (Å²) in [5, 5.41) is 8.89. The number of rotatable bonds is 5. The van der Waals surface area contributed by atoms with Crippen LogP contribution in [0, 0.1) is 17.6 Å². The van der Waals surface area contributed by atoms with Crippen LogP contribution >= 0.6 is 0 Å². The molecular formula is C28H27F2NO2. The van der Waals surface area contributed by atoms with Crippen LogP contribution in [0.5, 0.6) is 0 Å². The predicted molar refractivity (Wildman–Crippen MR) is 123 cm³/mol. The normalized spacial score (nSPS) is 30.1. The van der Waals surface area contributed by atoms with Crippen molar-refractivity contribution in [2.24, 2.45) is 5.92 Å². The molecule has 3 nitrogen and oxygen atoms in total. The fraction of sp³-hybridized carbons (Fsp3) is 0.393. The highest BCUT2D eigenvalue weighted by atomic mass is 19.1. The molecule has 33 heavy (non-hydrogen) atoms. The number of carboxylic acid groups (broad SMARTS) is 1. The van der Waals surface area contributed by atoms with Crippen LogP contribution in [-0.4, -0.2) is 27.6 Å². The van der Waals surface area contributed by atoms with Crippen molar-refractivity contribution in [1.82, 2.24) is 4.90 Å². The van der Waals surface area contributed by atoms with Crippen molar-refractivity contribution in [3.05, 3.63) is 81.9 Å². The Kier molecular flexibility index (Phi) is 4.64. The number of hydrogen-bond acceptors (Lipinski definition) is 2. The summed E-state index contributed by atoms with van der Waals surface area (Å²) >= 11 is 0. The maximum Gasteiger partial charge on any atom is 0.328 e. The molecule has 1 aliphatic heterocycles. The third-order valence-electron chi connectivity index (χ3n) is 8.37. The molecule has 2 aromatic carbocycles. The molecule has 0 unspecified atom stereocenters. The van der Waals surface area contributed by atoms with Gasteiger partial charge in [-0.15, -0.1) is 0 Å². The minimum Gasteiger partial charge on any atom is -0.478 e. The zero-order valence-corrected chi connectivity index (χ0v) is 18.7. The Morgan fingerprint density at radius 1 is 1.18 bits per heavy atom. The summed E-state index contributed by atoms with van der Waals surface area (Å²) in [5.74, 6) is -1.58. The topological polar surface area (TPSA) is 40.5 Å². The Bertz CT molecular complexity index is 1190. The lowest BCUT2D eigenvalue weighted by Gasteiger charge is -2.70. The number of benzene rings is 2. The predicted octanol–water partition coefficient (Wildman–Crippen LogP) is 6.15. The molecule has 2 aromatic rings. The second kappa shape index (κ2) is 7.36. The number of fused-ring (bicyclic) bond motifs is 2. The average Bonchev–Trinajstić information content (AvgIpc) is 3.08. The van der Waals surface area contributed by atoms with E-state index in [0.29, 0.717) is 0 Å². The van der Waals surface area contributed by atoms with E-state index in [2.05, 4.69) is 24.0 Å². The lowest BCUT2D eigenvalue weighted by atomic mass is 9.48. The number of hydrogen-bond donors (Lipinski definition) is 1. The molecule has 7 rings (SSSR count). The van der Waals surface area contributed by atoms with E-state index in [1.165, 1.54) is 34.9 Å². The monoisotopic (exact) mass is 447 g/mol. The van der Waals surface area contributed by atoms with Crippen molar-refractivity contribution < 1.29 is 18.7 Å². The quantitative estimate of drug-likeness (QED) is 0.559. The summed E-state index contributed by atoms with van der Waals surface area (Å²) in [6.07, 6.45) is 8.10. The SMILES string of the molecule is CC[C@H]1CC2=C(Cc3ccccc32)[C@H](c2c(F)cc(/C=C/C(=O)O)cc2F)N1C12CC(C1)C2. The zero-order chi connectivity index (χ0) is 22.9. The number of carboxylic acids is 1. The van der Waals surface area contributed by atoms with Gasteiger partial charge in [0, 0.05) is 23.2 Å². The molecule has 170 valence electrons. The molecular weight excluding hydrogens is 420 g/mol. The zero-order valence-electron chi connectivity index (χ0n) is 18.7. The van der Waals surface area contributed by atoms with Gasteiger partial charge in [-0.3, -0.25) is 4.90 Å². The summed E-state index contributed by atoms with van der Waals surface area (Å²) in [6.45, 7) is 2.18. The maximum atomic E-state index is 15.7. The van der Waals surface area contributed by atoms with Crippen LogP contribution in [-0.2, 0) is 11.2 Å². The van der Waals surface area contributed by atoms with Crippen LogP contribution in [0.3, 0.4) is 0 Å². The number of nitrogens with zero attached hydrogens (tertiary/aromatic N) is 1. The van der Waals surface area contributed by atoms with E-state index in [1.807, 2.05) is 12.1 Å². The maximum absolute atomic E-state index is 15.7. The van der Waals surface area contributed by atoms with E-state index < -0.39 is 23.6 Å². The summed E-state index contributed by atoms with van der Waals surface area (Å²) in [6, 6.07) is 10.7. The Hall–Kier alpha value is -2.79. The number of aliphatic carboxylic acids is 1. The lowest BCUT2D eigenvalue weighted by Crippen LogP contribution is -2.71. The molecule has 4 aliphatic carbocycles. The Balaban J connectivity index is 1.51. The lowest BCUT2D eigenvalue weighted by molar-refractivity contribution is -0.176. The van der Waals surface area contributed by atoms with Gasteiger partial charge in [0.2, 0.25) is 0 Å². The van der Waals surface area contributed by atoms with Crippen LogP contribution in [0.2, 0.25) is 0 Å².